The van der Waals surface area contributed by atoms with Gasteiger partial charge in [0, 0.05) is 12.1 Å². The van der Waals surface area contributed by atoms with Crippen molar-refractivity contribution in [3.8, 4) is 0 Å². The molecule has 84 valence electrons. The number of benzene rings is 1. The normalized spacial score (nSPS) is 11.2. The van der Waals surface area contributed by atoms with Crippen LogP contribution in [0.3, 0.4) is 0 Å². The van der Waals surface area contributed by atoms with Gasteiger partial charge in [-0.05, 0) is 13.0 Å². The Bertz CT molecular complexity index is 482. The second-order valence-electron chi connectivity index (χ2n) is 3.00. The molecule has 0 saturated heterocycles. The van der Waals surface area contributed by atoms with Crippen molar-refractivity contribution in [2.24, 2.45) is 4.99 Å². The van der Waals surface area contributed by atoms with Gasteiger partial charge in [-0.25, -0.2) is 9.79 Å². The number of hydrogen-bond acceptors (Lipinski definition) is 5. The zero-order valence-corrected chi connectivity index (χ0v) is 8.38. The number of nitrogens with two attached hydrogens (primary N) is 1. The Morgan fingerprint density at radius 2 is 2.19 bits per heavy atom. The molecule has 0 aliphatic carbocycles. The zero-order chi connectivity index (χ0) is 12.3. The molecule has 0 bridgehead atoms. The first-order valence-corrected chi connectivity index (χ1v) is 4.24. The fourth-order valence-electron chi connectivity index (χ4n) is 0.986. The van der Waals surface area contributed by atoms with Crippen molar-refractivity contribution in [2.75, 3.05) is 5.73 Å². The van der Waals surface area contributed by atoms with Crippen molar-refractivity contribution >= 4 is 28.7 Å². The average Bonchev–Trinajstić information content (AvgIpc) is 2.20. The third-order valence-electron chi connectivity index (χ3n) is 1.82. The number of carboxylic acids is 1. The summed E-state index contributed by atoms with van der Waals surface area (Å²) in [6.07, 6.45) is 0. The largest absolute Gasteiger partial charge is 0.477 e. The predicted molar refractivity (Wildman–Crippen MR) is 57.9 cm³/mol. The molecule has 0 aliphatic rings. The van der Waals surface area contributed by atoms with Crippen molar-refractivity contribution < 1.29 is 14.8 Å². The Morgan fingerprint density at radius 1 is 1.56 bits per heavy atom. The van der Waals surface area contributed by atoms with Gasteiger partial charge in [0.2, 0.25) is 0 Å². The first-order valence-electron chi connectivity index (χ1n) is 4.24. The lowest BCUT2D eigenvalue weighted by Crippen LogP contribution is -2.07. The molecule has 0 amide bonds. The Labute approximate surface area is 90.4 Å². The molecule has 0 aromatic heterocycles. The molecule has 0 fully saturated rings. The summed E-state index contributed by atoms with van der Waals surface area (Å²) in [5, 5.41) is 19.0. The smallest absolute Gasteiger partial charge is 0.349 e. The van der Waals surface area contributed by atoms with Crippen molar-refractivity contribution in [3.63, 3.8) is 0 Å². The maximum atomic E-state index is 10.5. The van der Waals surface area contributed by atoms with Crippen LogP contribution < -0.4 is 5.73 Å². The van der Waals surface area contributed by atoms with E-state index in [1.165, 1.54) is 19.1 Å². The van der Waals surface area contributed by atoms with E-state index >= 15 is 0 Å². The van der Waals surface area contributed by atoms with Crippen molar-refractivity contribution in [2.45, 2.75) is 6.92 Å². The van der Waals surface area contributed by atoms with Crippen LogP contribution in [0.15, 0.2) is 23.2 Å². The molecule has 1 aromatic rings. The van der Waals surface area contributed by atoms with Gasteiger partial charge in [-0.3, -0.25) is 10.1 Å². The third kappa shape index (κ3) is 2.53. The number of non-ortho nitro benzene ring substituents is 1. The van der Waals surface area contributed by atoms with Gasteiger partial charge in [-0.15, -0.1) is 0 Å². The highest BCUT2D eigenvalue weighted by Crippen LogP contribution is 2.26. The molecule has 0 spiro atoms. The number of aliphatic imine (C=N–C) groups is 1. The number of nitrogens with zero attached hydrogens (tertiary/aromatic N) is 2. The number of anilines is 1. The van der Waals surface area contributed by atoms with Crippen LogP contribution in [0, 0.1) is 10.1 Å². The van der Waals surface area contributed by atoms with Gasteiger partial charge in [-0.1, -0.05) is 0 Å². The van der Waals surface area contributed by atoms with Gasteiger partial charge in [0.1, 0.15) is 5.71 Å². The Hall–Kier alpha value is -2.44. The Kier molecular flexibility index (Phi) is 3.19. The van der Waals surface area contributed by atoms with Crippen LogP contribution in [0.1, 0.15) is 6.92 Å². The predicted octanol–water partition coefficient (Wildman–Crippen LogP) is 1.35. The van der Waals surface area contributed by atoms with Crippen molar-refractivity contribution in [1.82, 2.24) is 0 Å². The summed E-state index contributed by atoms with van der Waals surface area (Å²) in [4.78, 5) is 24.1. The van der Waals surface area contributed by atoms with Crippen LogP contribution in [0.25, 0.3) is 0 Å². The van der Waals surface area contributed by atoms with E-state index < -0.39 is 10.9 Å². The molecular weight excluding hydrogens is 214 g/mol. The van der Waals surface area contributed by atoms with E-state index in [0.717, 1.165) is 6.07 Å². The minimum atomic E-state index is -1.17. The lowest BCUT2D eigenvalue weighted by atomic mass is 10.2. The van der Waals surface area contributed by atoms with Crippen LogP contribution in [0.2, 0.25) is 0 Å². The average molecular weight is 223 g/mol. The van der Waals surface area contributed by atoms with Crippen molar-refractivity contribution in [1.29, 1.82) is 0 Å². The van der Waals surface area contributed by atoms with Gasteiger partial charge in [0.25, 0.3) is 5.69 Å². The molecule has 1 aromatic carbocycles. The maximum Gasteiger partial charge on any atom is 0.349 e. The Balaban J connectivity index is 3.14. The number of carboxylic acid groups (broad SMARTS) is 1. The van der Waals surface area contributed by atoms with E-state index in [2.05, 4.69) is 4.99 Å². The summed E-state index contributed by atoms with van der Waals surface area (Å²) in [6.45, 7) is 1.31. The van der Waals surface area contributed by atoms with E-state index in [1.807, 2.05) is 0 Å². The molecule has 16 heavy (non-hydrogen) atoms. The first-order chi connectivity index (χ1) is 7.41. The standard InChI is InChI=1S/C9H9N3O4/c1-5(9(13)14)11-8-3-2-6(12(15)16)4-7(8)10/h2-4H,10H2,1H3,(H,13,14). The van der Waals surface area contributed by atoms with E-state index in [-0.39, 0.29) is 22.8 Å². The molecule has 0 unspecified atom stereocenters. The molecular formula is C9H9N3O4. The molecule has 3 N–H and O–H groups in total. The van der Waals surface area contributed by atoms with Gasteiger partial charge in [-0.2, -0.15) is 0 Å². The summed E-state index contributed by atoms with van der Waals surface area (Å²) >= 11 is 0. The van der Waals surface area contributed by atoms with E-state index in [1.54, 1.807) is 0 Å². The van der Waals surface area contributed by atoms with Gasteiger partial charge in [0.15, 0.2) is 0 Å². The second-order valence-corrected chi connectivity index (χ2v) is 3.00. The molecule has 0 aliphatic heterocycles. The second kappa shape index (κ2) is 4.39. The monoisotopic (exact) mass is 223 g/mol. The summed E-state index contributed by atoms with van der Waals surface area (Å²) in [5.74, 6) is -1.17. The van der Waals surface area contributed by atoms with Crippen LogP contribution >= 0.6 is 0 Å². The van der Waals surface area contributed by atoms with Crippen molar-refractivity contribution in [3.05, 3.63) is 28.3 Å². The topological polar surface area (TPSA) is 119 Å². The number of hydrogen-bond donors (Lipinski definition) is 2. The number of nitro benzene ring substituents is 1. The number of carbonyl (C=O) groups is 1. The molecule has 0 saturated carbocycles. The number of nitro groups is 1. The highest BCUT2D eigenvalue weighted by Gasteiger charge is 2.09. The highest BCUT2D eigenvalue weighted by molar-refractivity contribution is 6.35. The SMILES string of the molecule is CC(=Nc1ccc([N+](=O)[O-])cc1N)C(=O)O. The maximum absolute atomic E-state index is 10.5. The lowest BCUT2D eigenvalue weighted by molar-refractivity contribution is -0.384. The number of rotatable bonds is 3. The molecule has 7 nitrogen and oxygen atoms in total. The quantitative estimate of drug-likeness (QED) is 0.347. The third-order valence-corrected chi connectivity index (χ3v) is 1.82. The number of nitrogen functional groups attached to an aromatic ring is 1. The van der Waals surface area contributed by atoms with Crippen LogP contribution in [-0.2, 0) is 4.79 Å². The van der Waals surface area contributed by atoms with E-state index in [9.17, 15) is 14.9 Å². The lowest BCUT2D eigenvalue weighted by Gasteiger charge is -2.00. The molecule has 1 rings (SSSR count). The fourth-order valence-corrected chi connectivity index (χ4v) is 0.986. The summed E-state index contributed by atoms with van der Waals surface area (Å²) < 4.78 is 0. The fraction of sp³-hybridized carbons (Fsp3) is 0.111. The highest BCUT2D eigenvalue weighted by atomic mass is 16.6. The van der Waals surface area contributed by atoms with Gasteiger partial charge < -0.3 is 10.8 Å². The Morgan fingerprint density at radius 3 is 2.62 bits per heavy atom. The van der Waals surface area contributed by atoms with E-state index in [0.29, 0.717) is 0 Å². The molecule has 7 heteroatoms. The first kappa shape index (κ1) is 11.6. The minimum absolute atomic E-state index is 0.0646. The van der Waals surface area contributed by atoms with Gasteiger partial charge in [0.05, 0.1) is 16.3 Å². The van der Waals surface area contributed by atoms with E-state index in [4.69, 9.17) is 10.8 Å². The summed E-state index contributed by atoms with van der Waals surface area (Å²) in [7, 11) is 0. The molecule has 0 radical (unpaired) electrons. The number of aliphatic carboxylic acids is 1. The van der Waals surface area contributed by atoms with Crippen LogP contribution in [0.5, 0.6) is 0 Å². The summed E-state index contributed by atoms with van der Waals surface area (Å²) in [6, 6.07) is 3.65. The zero-order valence-electron chi connectivity index (χ0n) is 8.38. The summed E-state index contributed by atoms with van der Waals surface area (Å²) in [5.41, 5.74) is 5.47. The molecule has 0 heterocycles. The van der Waals surface area contributed by atoms with Crippen LogP contribution in [0.4, 0.5) is 17.1 Å². The van der Waals surface area contributed by atoms with Gasteiger partial charge >= 0.3 is 5.97 Å². The van der Waals surface area contributed by atoms with Crippen LogP contribution in [-0.4, -0.2) is 21.7 Å². The molecule has 0 atom stereocenters. The minimum Gasteiger partial charge on any atom is -0.477 e.